The van der Waals surface area contributed by atoms with Gasteiger partial charge >= 0.3 is 0 Å². The summed E-state index contributed by atoms with van der Waals surface area (Å²) in [5, 5.41) is 3.53. The van der Waals surface area contributed by atoms with Crippen LogP contribution in [0.3, 0.4) is 0 Å². The molecule has 1 aliphatic rings. The molecule has 0 aliphatic carbocycles. The van der Waals surface area contributed by atoms with Gasteiger partial charge in [0.05, 0.1) is 5.56 Å². The van der Waals surface area contributed by atoms with E-state index in [-0.39, 0.29) is 16.0 Å². The number of nitrogens with two attached hydrogens (primary N) is 2. The Bertz CT molecular complexity index is 1280. The molecule has 1 fully saturated rings. The SMILES string of the molecule is CSc1ccccc1C(=O)Nc1ccc(Sc2nc(N=C(N)/C=C(/C)N)cc(N3CCC3)n2)cc1.[HH].[HH].[HH]. The number of benzene rings is 2. The first-order chi connectivity index (χ1) is 16.9. The van der Waals surface area contributed by atoms with E-state index in [1.54, 1.807) is 24.8 Å². The lowest BCUT2D eigenvalue weighted by atomic mass is 10.2. The second kappa shape index (κ2) is 11.3. The van der Waals surface area contributed by atoms with Crippen molar-refractivity contribution in [1.29, 1.82) is 0 Å². The van der Waals surface area contributed by atoms with E-state index in [0.29, 0.717) is 27.9 Å². The van der Waals surface area contributed by atoms with Crippen LogP contribution in [0.5, 0.6) is 0 Å². The number of anilines is 2. The van der Waals surface area contributed by atoms with Gasteiger partial charge in [0.25, 0.3) is 5.91 Å². The van der Waals surface area contributed by atoms with Crippen LogP contribution in [0, 0.1) is 0 Å². The molecule has 2 heterocycles. The number of allylic oxidation sites excluding steroid dienone is 1. The monoisotopic (exact) mass is 511 g/mol. The van der Waals surface area contributed by atoms with Crippen LogP contribution < -0.4 is 21.7 Å². The summed E-state index contributed by atoms with van der Waals surface area (Å²) in [6.07, 6.45) is 4.69. The van der Waals surface area contributed by atoms with E-state index in [4.69, 9.17) is 16.5 Å². The average molecular weight is 512 g/mol. The molecular formula is C25H33N7OS2. The third-order valence-electron chi connectivity index (χ3n) is 5.15. The molecule has 1 amide bonds. The van der Waals surface area contributed by atoms with E-state index in [9.17, 15) is 4.79 Å². The zero-order valence-electron chi connectivity index (χ0n) is 19.6. The van der Waals surface area contributed by atoms with Gasteiger partial charge in [0.2, 0.25) is 0 Å². The molecule has 0 radical (unpaired) electrons. The van der Waals surface area contributed by atoms with Crippen LogP contribution in [-0.2, 0) is 0 Å². The minimum absolute atomic E-state index is 0. The number of thioether (sulfide) groups is 1. The van der Waals surface area contributed by atoms with E-state index >= 15 is 0 Å². The molecule has 0 unspecified atom stereocenters. The Morgan fingerprint density at radius 2 is 1.89 bits per heavy atom. The molecule has 3 aromatic rings. The standard InChI is InChI=1S/C25H27N7OS2.3H2/c1-16(26)14-21(27)29-22-15-23(32-12-5-13-32)31-25(30-22)35-18-10-8-17(9-11-18)28-24(33)19-6-3-4-7-20(19)34-2;;;/h3-4,6-11,14-15H,5,12-13,26H2,1-2H3,(H,28,33)(H2,27,29,30,31);3*1H/b16-14-;;;. The molecule has 1 aliphatic heterocycles. The third-order valence-corrected chi connectivity index (χ3v) is 6.82. The summed E-state index contributed by atoms with van der Waals surface area (Å²) in [4.78, 5) is 30.4. The highest BCUT2D eigenvalue weighted by atomic mass is 32.2. The van der Waals surface area contributed by atoms with Gasteiger partial charge in [-0.2, -0.15) is 0 Å². The van der Waals surface area contributed by atoms with E-state index in [0.717, 1.165) is 35.1 Å². The summed E-state index contributed by atoms with van der Waals surface area (Å²) in [5.74, 6) is 1.46. The summed E-state index contributed by atoms with van der Waals surface area (Å²) in [5.41, 5.74) is 13.6. The topological polar surface area (TPSA) is 123 Å². The highest BCUT2D eigenvalue weighted by molar-refractivity contribution is 7.99. The van der Waals surface area contributed by atoms with Crippen molar-refractivity contribution in [3.63, 3.8) is 0 Å². The summed E-state index contributed by atoms with van der Waals surface area (Å²) in [7, 11) is 0. The predicted octanol–water partition coefficient (Wildman–Crippen LogP) is 5.40. The number of carbonyl (C=O) groups is 1. The first-order valence-electron chi connectivity index (χ1n) is 11.1. The number of rotatable bonds is 8. The Labute approximate surface area is 217 Å². The zero-order valence-corrected chi connectivity index (χ0v) is 21.2. The van der Waals surface area contributed by atoms with Crippen molar-refractivity contribution in [2.24, 2.45) is 16.5 Å². The third kappa shape index (κ3) is 6.55. The lowest BCUT2D eigenvalue weighted by Gasteiger charge is -2.32. The van der Waals surface area contributed by atoms with E-state index < -0.39 is 0 Å². The molecule has 0 saturated carbocycles. The molecule has 35 heavy (non-hydrogen) atoms. The second-order valence-corrected chi connectivity index (χ2v) is 9.80. The predicted molar refractivity (Wildman–Crippen MR) is 151 cm³/mol. The van der Waals surface area contributed by atoms with Crippen molar-refractivity contribution >= 4 is 52.6 Å². The molecule has 10 heteroatoms. The van der Waals surface area contributed by atoms with Gasteiger partial charge in [-0.05, 0) is 73.8 Å². The molecule has 1 aromatic heterocycles. The van der Waals surface area contributed by atoms with Gasteiger partial charge in [-0.1, -0.05) is 12.1 Å². The molecule has 0 atom stereocenters. The number of hydrogen-bond donors (Lipinski definition) is 3. The van der Waals surface area contributed by atoms with Crippen LogP contribution in [0.2, 0.25) is 0 Å². The van der Waals surface area contributed by atoms with Crippen molar-refractivity contribution in [3.05, 3.63) is 71.9 Å². The van der Waals surface area contributed by atoms with Crippen LogP contribution >= 0.6 is 23.5 Å². The fourth-order valence-electron chi connectivity index (χ4n) is 3.35. The Morgan fingerprint density at radius 3 is 2.54 bits per heavy atom. The number of hydrogen-bond acceptors (Lipinski definition) is 8. The van der Waals surface area contributed by atoms with Crippen LogP contribution in [-0.4, -0.2) is 41.1 Å². The lowest BCUT2D eigenvalue weighted by molar-refractivity contribution is 0.102. The van der Waals surface area contributed by atoms with Crippen molar-refractivity contribution in [2.45, 2.75) is 28.3 Å². The molecule has 8 nitrogen and oxygen atoms in total. The van der Waals surface area contributed by atoms with Crippen molar-refractivity contribution < 1.29 is 9.07 Å². The maximum absolute atomic E-state index is 12.7. The van der Waals surface area contributed by atoms with Gasteiger partial charge in [0.1, 0.15) is 11.7 Å². The summed E-state index contributed by atoms with van der Waals surface area (Å²) >= 11 is 2.97. The van der Waals surface area contributed by atoms with Crippen LogP contribution in [0.4, 0.5) is 17.3 Å². The Hall–Kier alpha value is -3.50. The van der Waals surface area contributed by atoms with Crippen molar-refractivity contribution in [2.75, 3.05) is 29.6 Å². The Morgan fingerprint density at radius 1 is 1.14 bits per heavy atom. The minimum atomic E-state index is -0.136. The van der Waals surface area contributed by atoms with Gasteiger partial charge < -0.3 is 21.7 Å². The molecule has 186 valence electrons. The number of amidine groups is 1. The number of nitrogens with zero attached hydrogens (tertiary/aromatic N) is 4. The van der Waals surface area contributed by atoms with Crippen LogP contribution in [0.25, 0.3) is 0 Å². The van der Waals surface area contributed by atoms with Gasteiger partial charge in [-0.25, -0.2) is 15.0 Å². The first-order valence-corrected chi connectivity index (χ1v) is 13.1. The quantitative estimate of drug-likeness (QED) is 0.159. The fraction of sp³-hybridized carbons (Fsp3) is 0.200. The Balaban J connectivity index is 0.00000241. The highest BCUT2D eigenvalue weighted by Crippen LogP contribution is 2.31. The van der Waals surface area contributed by atoms with E-state index in [1.165, 1.54) is 11.8 Å². The lowest BCUT2D eigenvalue weighted by Crippen LogP contribution is -2.37. The summed E-state index contributed by atoms with van der Waals surface area (Å²) in [6.45, 7) is 3.66. The highest BCUT2D eigenvalue weighted by Gasteiger charge is 2.18. The van der Waals surface area contributed by atoms with E-state index in [2.05, 4.69) is 20.2 Å². The molecule has 5 N–H and O–H groups in total. The second-order valence-electron chi connectivity index (χ2n) is 7.91. The summed E-state index contributed by atoms with van der Waals surface area (Å²) < 4.78 is 0. The minimum Gasteiger partial charge on any atom is -0.402 e. The number of aromatic nitrogens is 2. The number of carbonyl (C=O) groups excluding carboxylic acids is 1. The normalized spacial score (nSPS) is 13.9. The average Bonchev–Trinajstić information content (AvgIpc) is 2.78. The molecule has 2 aromatic carbocycles. The zero-order chi connectivity index (χ0) is 24.8. The fourth-order valence-corrected chi connectivity index (χ4v) is 4.71. The van der Waals surface area contributed by atoms with Crippen molar-refractivity contribution in [1.82, 2.24) is 9.97 Å². The number of aliphatic imine (C=N–C) groups is 1. The molecule has 1 saturated heterocycles. The molecular weight excluding hydrogens is 478 g/mol. The molecule has 0 spiro atoms. The maximum Gasteiger partial charge on any atom is 0.256 e. The Kier molecular flexibility index (Phi) is 7.94. The van der Waals surface area contributed by atoms with E-state index in [1.807, 2.05) is 60.9 Å². The van der Waals surface area contributed by atoms with Gasteiger partial charge in [0.15, 0.2) is 11.0 Å². The molecule has 4 rings (SSSR count). The van der Waals surface area contributed by atoms with Crippen LogP contribution in [0.15, 0.2) is 86.3 Å². The van der Waals surface area contributed by atoms with Crippen molar-refractivity contribution in [3.8, 4) is 0 Å². The van der Waals surface area contributed by atoms with Gasteiger partial charge in [-0.3, -0.25) is 4.79 Å². The first kappa shape index (κ1) is 24.6. The summed E-state index contributed by atoms with van der Waals surface area (Å²) in [6, 6.07) is 17.0. The maximum atomic E-state index is 12.7. The smallest absolute Gasteiger partial charge is 0.256 e. The van der Waals surface area contributed by atoms with Gasteiger partial charge in [0, 0.05) is 44.6 Å². The van der Waals surface area contributed by atoms with Crippen LogP contribution in [0.1, 0.15) is 28.0 Å². The molecule has 0 bridgehead atoms. The number of amides is 1. The van der Waals surface area contributed by atoms with Gasteiger partial charge in [-0.15, -0.1) is 11.8 Å². The number of nitrogens with one attached hydrogen (secondary N) is 1. The largest absolute Gasteiger partial charge is 0.402 e.